The van der Waals surface area contributed by atoms with E-state index < -0.39 is 5.76 Å². The van der Waals surface area contributed by atoms with Gasteiger partial charge in [-0.05, 0) is 36.4 Å². The monoisotopic (exact) mass is 361 g/mol. The minimum Gasteiger partial charge on any atom is -0.325 e. The van der Waals surface area contributed by atoms with Crippen LogP contribution in [0.15, 0.2) is 62.7 Å². The minimum absolute atomic E-state index is 0.137. The summed E-state index contributed by atoms with van der Waals surface area (Å²) in [7, 11) is 0. The van der Waals surface area contributed by atoms with Crippen LogP contribution in [0.4, 0.5) is 5.69 Å². The summed E-state index contributed by atoms with van der Waals surface area (Å²) >= 11 is 7.43. The fourth-order valence-electron chi connectivity index (χ4n) is 1.97. The summed E-state index contributed by atoms with van der Waals surface area (Å²) in [4.78, 5) is 26.3. The predicted octanol–water partition coefficient (Wildman–Crippen LogP) is 3.41. The number of nitrogens with one attached hydrogen (secondary N) is 2. The standard InChI is InChI=1S/C16H12ClN3O3S/c17-12-3-1-2-4-13(12)24-9-14(21)18-11-7-5-10(6-8-11)15-19-16(22)23-20-15/h1-8H,9H2,(H,18,21)(H,19,20,22). The van der Waals surface area contributed by atoms with Gasteiger partial charge >= 0.3 is 5.76 Å². The molecular weight excluding hydrogens is 350 g/mol. The van der Waals surface area contributed by atoms with Crippen molar-refractivity contribution in [2.45, 2.75) is 4.90 Å². The first-order valence-electron chi connectivity index (χ1n) is 6.95. The van der Waals surface area contributed by atoms with Crippen molar-refractivity contribution in [1.29, 1.82) is 0 Å². The molecule has 24 heavy (non-hydrogen) atoms. The van der Waals surface area contributed by atoms with E-state index in [-0.39, 0.29) is 11.7 Å². The first kappa shape index (κ1) is 16.4. The number of H-pyrrole nitrogens is 1. The van der Waals surface area contributed by atoms with Crippen LogP contribution in [-0.4, -0.2) is 21.8 Å². The Balaban J connectivity index is 1.58. The molecule has 0 saturated carbocycles. The molecule has 122 valence electrons. The van der Waals surface area contributed by atoms with Gasteiger partial charge in [0.25, 0.3) is 0 Å². The number of rotatable bonds is 5. The Morgan fingerprint density at radius 1 is 1.21 bits per heavy atom. The summed E-state index contributed by atoms with van der Waals surface area (Å²) in [6, 6.07) is 14.3. The Morgan fingerprint density at radius 2 is 1.96 bits per heavy atom. The number of aromatic nitrogens is 2. The Labute approximate surface area is 146 Å². The molecule has 0 atom stereocenters. The summed E-state index contributed by atoms with van der Waals surface area (Å²) in [6.45, 7) is 0. The molecule has 0 spiro atoms. The summed E-state index contributed by atoms with van der Waals surface area (Å²) in [5.74, 6) is -0.157. The van der Waals surface area contributed by atoms with Crippen LogP contribution in [0.3, 0.4) is 0 Å². The molecule has 2 N–H and O–H groups in total. The van der Waals surface area contributed by atoms with Gasteiger partial charge in [0.1, 0.15) is 0 Å². The molecule has 0 aliphatic carbocycles. The highest BCUT2D eigenvalue weighted by molar-refractivity contribution is 8.00. The second kappa shape index (κ2) is 7.37. The van der Waals surface area contributed by atoms with Crippen molar-refractivity contribution in [3.63, 3.8) is 0 Å². The molecule has 0 aliphatic heterocycles. The van der Waals surface area contributed by atoms with Crippen LogP contribution < -0.4 is 11.1 Å². The van der Waals surface area contributed by atoms with Crippen LogP contribution in [-0.2, 0) is 4.79 Å². The SMILES string of the molecule is O=C(CSc1ccccc1Cl)Nc1ccc(-c2noc(=O)[nH]2)cc1. The van der Waals surface area contributed by atoms with Crippen molar-refractivity contribution in [3.05, 3.63) is 64.1 Å². The van der Waals surface area contributed by atoms with Crippen LogP contribution >= 0.6 is 23.4 Å². The van der Waals surface area contributed by atoms with Gasteiger partial charge in [0.05, 0.1) is 10.8 Å². The number of anilines is 1. The lowest BCUT2D eigenvalue weighted by Gasteiger charge is -2.06. The highest BCUT2D eigenvalue weighted by Gasteiger charge is 2.07. The number of aromatic amines is 1. The van der Waals surface area contributed by atoms with Gasteiger partial charge < -0.3 is 5.32 Å². The number of benzene rings is 2. The van der Waals surface area contributed by atoms with Crippen molar-refractivity contribution in [3.8, 4) is 11.4 Å². The molecule has 0 unspecified atom stereocenters. The molecule has 8 heteroatoms. The average Bonchev–Trinajstić information content (AvgIpc) is 3.01. The lowest BCUT2D eigenvalue weighted by Crippen LogP contribution is -2.13. The zero-order valence-corrected chi connectivity index (χ0v) is 13.9. The van der Waals surface area contributed by atoms with Gasteiger partial charge in [-0.15, -0.1) is 11.8 Å². The molecule has 2 aromatic carbocycles. The Hall–Kier alpha value is -2.51. The number of amides is 1. The summed E-state index contributed by atoms with van der Waals surface area (Å²) in [5, 5.41) is 7.02. The van der Waals surface area contributed by atoms with Gasteiger partial charge in [-0.25, -0.2) is 4.79 Å². The van der Waals surface area contributed by atoms with E-state index in [1.165, 1.54) is 11.8 Å². The molecule has 3 rings (SSSR count). The van der Waals surface area contributed by atoms with Crippen LogP contribution in [0, 0.1) is 0 Å². The maximum atomic E-state index is 12.0. The average molecular weight is 362 g/mol. The first-order chi connectivity index (χ1) is 11.6. The van der Waals surface area contributed by atoms with Gasteiger partial charge in [0.15, 0.2) is 5.82 Å². The number of nitrogens with zero attached hydrogens (tertiary/aromatic N) is 1. The van der Waals surface area contributed by atoms with Gasteiger partial charge in [0.2, 0.25) is 5.91 Å². The Morgan fingerprint density at radius 3 is 2.62 bits per heavy atom. The van der Waals surface area contributed by atoms with E-state index in [2.05, 4.69) is 20.0 Å². The quantitative estimate of drug-likeness (QED) is 0.680. The van der Waals surface area contributed by atoms with E-state index in [0.29, 0.717) is 22.1 Å². The maximum absolute atomic E-state index is 12.0. The molecule has 0 aliphatic rings. The first-order valence-corrected chi connectivity index (χ1v) is 8.32. The highest BCUT2D eigenvalue weighted by atomic mass is 35.5. The number of carbonyl (C=O) groups excluding carboxylic acids is 1. The Kier molecular flexibility index (Phi) is 5.02. The highest BCUT2D eigenvalue weighted by Crippen LogP contribution is 2.26. The normalized spacial score (nSPS) is 10.5. The van der Waals surface area contributed by atoms with E-state index in [1.54, 1.807) is 30.3 Å². The fourth-order valence-corrected chi connectivity index (χ4v) is 3.01. The van der Waals surface area contributed by atoms with E-state index in [1.807, 2.05) is 18.2 Å². The van der Waals surface area contributed by atoms with Gasteiger partial charge in [0, 0.05) is 16.1 Å². The predicted molar refractivity (Wildman–Crippen MR) is 93.4 cm³/mol. The van der Waals surface area contributed by atoms with E-state index in [0.717, 1.165) is 4.90 Å². The van der Waals surface area contributed by atoms with Crippen LogP contribution in [0.5, 0.6) is 0 Å². The van der Waals surface area contributed by atoms with Crippen LogP contribution in [0.25, 0.3) is 11.4 Å². The van der Waals surface area contributed by atoms with E-state index >= 15 is 0 Å². The molecule has 6 nitrogen and oxygen atoms in total. The van der Waals surface area contributed by atoms with Gasteiger partial charge in [-0.1, -0.05) is 28.9 Å². The van der Waals surface area contributed by atoms with Crippen molar-refractivity contribution in [1.82, 2.24) is 10.1 Å². The van der Waals surface area contributed by atoms with Crippen molar-refractivity contribution >= 4 is 35.0 Å². The van der Waals surface area contributed by atoms with Crippen LogP contribution in [0.2, 0.25) is 5.02 Å². The number of hydrogen-bond acceptors (Lipinski definition) is 5. The molecule has 1 aromatic heterocycles. The number of carbonyl (C=O) groups is 1. The number of halogens is 1. The van der Waals surface area contributed by atoms with Gasteiger partial charge in [-0.3, -0.25) is 14.3 Å². The van der Waals surface area contributed by atoms with E-state index in [9.17, 15) is 9.59 Å². The molecule has 1 amide bonds. The lowest BCUT2D eigenvalue weighted by atomic mass is 10.2. The third-order valence-electron chi connectivity index (χ3n) is 3.08. The van der Waals surface area contributed by atoms with Crippen molar-refractivity contribution < 1.29 is 9.32 Å². The minimum atomic E-state index is -0.612. The summed E-state index contributed by atoms with van der Waals surface area (Å²) in [5.41, 5.74) is 1.33. The molecule has 0 fully saturated rings. The molecule has 1 heterocycles. The zero-order valence-electron chi connectivity index (χ0n) is 12.3. The van der Waals surface area contributed by atoms with Gasteiger partial charge in [-0.2, -0.15) is 0 Å². The third kappa shape index (κ3) is 4.06. The molecular formula is C16H12ClN3O3S. The smallest absolute Gasteiger partial charge is 0.325 e. The summed E-state index contributed by atoms with van der Waals surface area (Å²) < 4.78 is 4.45. The number of thioether (sulfide) groups is 1. The molecule has 0 radical (unpaired) electrons. The fraction of sp³-hybridized carbons (Fsp3) is 0.0625. The maximum Gasteiger partial charge on any atom is 0.439 e. The summed E-state index contributed by atoms with van der Waals surface area (Å²) in [6.07, 6.45) is 0. The van der Waals surface area contributed by atoms with Crippen molar-refractivity contribution in [2.24, 2.45) is 0 Å². The largest absolute Gasteiger partial charge is 0.439 e. The molecule has 0 bridgehead atoms. The second-order valence-electron chi connectivity index (χ2n) is 4.79. The molecule has 0 saturated heterocycles. The third-order valence-corrected chi connectivity index (χ3v) is 4.59. The van der Waals surface area contributed by atoms with Crippen LogP contribution in [0.1, 0.15) is 0 Å². The lowest BCUT2D eigenvalue weighted by molar-refractivity contribution is -0.113. The Bertz CT molecular complexity index is 905. The molecule has 3 aromatic rings. The van der Waals surface area contributed by atoms with Crippen molar-refractivity contribution in [2.75, 3.05) is 11.1 Å². The van der Waals surface area contributed by atoms with E-state index in [4.69, 9.17) is 11.6 Å². The zero-order chi connectivity index (χ0) is 16.9. The topological polar surface area (TPSA) is 88.0 Å². The number of hydrogen-bond donors (Lipinski definition) is 2. The second-order valence-corrected chi connectivity index (χ2v) is 6.21.